The Hall–Kier alpha value is -3.05. The van der Waals surface area contributed by atoms with Crippen LogP contribution < -0.4 is 5.56 Å². The summed E-state index contributed by atoms with van der Waals surface area (Å²) in [5.74, 6) is 0. The number of benzene rings is 2. The van der Waals surface area contributed by atoms with Crippen LogP contribution in [0.2, 0.25) is 0 Å². The fraction of sp³-hybridized carbons (Fsp3) is 0.150. The van der Waals surface area contributed by atoms with Crippen molar-refractivity contribution in [3.8, 4) is 5.69 Å². The van der Waals surface area contributed by atoms with E-state index in [1.54, 1.807) is 17.0 Å². The molecule has 2 aromatic carbocycles. The van der Waals surface area contributed by atoms with Crippen LogP contribution in [0.3, 0.4) is 0 Å². The third-order valence-electron chi connectivity index (χ3n) is 4.15. The number of rotatable bonds is 3. The smallest absolute Gasteiger partial charge is 0.265 e. The molecule has 0 aliphatic heterocycles. The first-order valence-corrected chi connectivity index (χ1v) is 8.13. The molecule has 2 aromatic heterocycles. The Labute approximate surface area is 145 Å². The molecule has 4 rings (SSSR count). The van der Waals surface area contributed by atoms with E-state index < -0.39 is 0 Å². The molecule has 0 saturated heterocycles. The number of aromatic nitrogens is 3. The molecule has 0 N–H and O–H groups in total. The Kier molecular flexibility index (Phi) is 3.78. The van der Waals surface area contributed by atoms with Crippen molar-refractivity contribution >= 4 is 21.8 Å². The Bertz CT molecular complexity index is 1130. The molecular weight excluding hydrogens is 312 g/mol. The third kappa shape index (κ3) is 2.90. The fourth-order valence-electron chi connectivity index (χ4n) is 2.97. The number of nitrogens with zero attached hydrogens (tertiary/aromatic N) is 4. The summed E-state index contributed by atoms with van der Waals surface area (Å²) in [6.45, 7) is 0.797. The second-order valence-electron chi connectivity index (χ2n) is 6.35. The number of hydrogen-bond acceptors (Lipinski definition) is 4. The molecular formula is C20H18N4O. The van der Waals surface area contributed by atoms with Crippen molar-refractivity contribution in [2.45, 2.75) is 6.54 Å². The SMILES string of the molecule is CN(C)Cc1ccc2cc(-n3cnc4ccccc4c3=O)ccc2n1. The zero-order valence-electron chi connectivity index (χ0n) is 14.2. The summed E-state index contributed by atoms with van der Waals surface area (Å²) in [6.07, 6.45) is 1.58. The van der Waals surface area contributed by atoms with Crippen LogP contribution in [0.25, 0.3) is 27.5 Å². The van der Waals surface area contributed by atoms with Crippen LogP contribution in [-0.2, 0) is 6.54 Å². The molecule has 0 spiro atoms. The standard InChI is InChI=1S/C20H18N4O/c1-23(2)12-15-8-7-14-11-16(9-10-18(14)22-15)24-13-21-19-6-4-3-5-17(19)20(24)25/h3-11,13H,12H2,1-2H3. The van der Waals surface area contributed by atoms with Gasteiger partial charge in [-0.05, 0) is 50.5 Å². The van der Waals surface area contributed by atoms with E-state index in [1.807, 2.05) is 62.6 Å². The van der Waals surface area contributed by atoms with E-state index in [9.17, 15) is 4.79 Å². The second kappa shape index (κ2) is 6.11. The fourth-order valence-corrected chi connectivity index (χ4v) is 2.97. The van der Waals surface area contributed by atoms with Gasteiger partial charge in [0.1, 0.15) is 6.33 Å². The topological polar surface area (TPSA) is 51.0 Å². The molecule has 0 aliphatic carbocycles. The lowest BCUT2D eigenvalue weighted by atomic mass is 10.1. The van der Waals surface area contributed by atoms with Crippen molar-refractivity contribution in [3.63, 3.8) is 0 Å². The van der Waals surface area contributed by atoms with Crippen molar-refractivity contribution in [1.82, 2.24) is 19.4 Å². The molecule has 5 nitrogen and oxygen atoms in total. The molecule has 0 saturated carbocycles. The van der Waals surface area contributed by atoms with Crippen molar-refractivity contribution in [2.75, 3.05) is 14.1 Å². The lowest BCUT2D eigenvalue weighted by Gasteiger charge is -2.11. The summed E-state index contributed by atoms with van der Waals surface area (Å²) in [5, 5.41) is 1.62. The number of para-hydroxylation sites is 1. The van der Waals surface area contributed by atoms with Gasteiger partial charge in [0.05, 0.1) is 27.8 Å². The van der Waals surface area contributed by atoms with E-state index in [0.29, 0.717) is 10.9 Å². The summed E-state index contributed by atoms with van der Waals surface area (Å²) in [4.78, 5) is 23.9. The number of fused-ring (bicyclic) bond motifs is 2. The minimum absolute atomic E-state index is 0.0675. The molecule has 0 amide bonds. The zero-order chi connectivity index (χ0) is 17.4. The van der Waals surface area contributed by atoms with Gasteiger partial charge >= 0.3 is 0 Å². The van der Waals surface area contributed by atoms with Gasteiger partial charge in [-0.15, -0.1) is 0 Å². The Balaban J connectivity index is 1.82. The van der Waals surface area contributed by atoms with Crippen molar-refractivity contribution < 1.29 is 0 Å². The second-order valence-corrected chi connectivity index (χ2v) is 6.35. The van der Waals surface area contributed by atoms with E-state index >= 15 is 0 Å². The number of pyridine rings is 1. The Morgan fingerprint density at radius 2 is 1.84 bits per heavy atom. The maximum absolute atomic E-state index is 12.7. The molecule has 2 heterocycles. The van der Waals surface area contributed by atoms with Gasteiger partial charge in [-0.25, -0.2) is 4.98 Å². The normalized spacial score (nSPS) is 11.5. The maximum atomic E-state index is 12.7. The van der Waals surface area contributed by atoms with E-state index in [-0.39, 0.29) is 5.56 Å². The molecule has 0 fully saturated rings. The van der Waals surface area contributed by atoms with E-state index in [2.05, 4.69) is 14.9 Å². The van der Waals surface area contributed by atoms with Gasteiger partial charge in [-0.2, -0.15) is 0 Å². The lowest BCUT2D eigenvalue weighted by Crippen LogP contribution is -2.18. The molecule has 0 radical (unpaired) electrons. The molecule has 0 atom stereocenters. The first kappa shape index (κ1) is 15.5. The number of hydrogen-bond donors (Lipinski definition) is 0. The summed E-state index contributed by atoms with van der Waals surface area (Å²) < 4.78 is 1.58. The van der Waals surface area contributed by atoms with Crippen LogP contribution in [0.15, 0.2) is 65.7 Å². The van der Waals surface area contributed by atoms with Gasteiger partial charge in [0, 0.05) is 11.9 Å². The zero-order valence-corrected chi connectivity index (χ0v) is 14.2. The van der Waals surface area contributed by atoms with E-state index in [4.69, 9.17) is 0 Å². The first-order valence-electron chi connectivity index (χ1n) is 8.13. The molecule has 124 valence electrons. The van der Waals surface area contributed by atoms with Crippen LogP contribution in [0.5, 0.6) is 0 Å². The summed E-state index contributed by atoms with van der Waals surface area (Å²) >= 11 is 0. The van der Waals surface area contributed by atoms with Crippen molar-refractivity contribution in [2.24, 2.45) is 0 Å². The summed E-state index contributed by atoms with van der Waals surface area (Å²) in [5.41, 5.74) is 3.37. The van der Waals surface area contributed by atoms with Crippen LogP contribution in [0, 0.1) is 0 Å². The molecule has 0 unspecified atom stereocenters. The van der Waals surface area contributed by atoms with Crippen molar-refractivity contribution in [1.29, 1.82) is 0 Å². The van der Waals surface area contributed by atoms with Gasteiger partial charge in [-0.3, -0.25) is 14.3 Å². The highest BCUT2D eigenvalue weighted by Crippen LogP contribution is 2.18. The molecule has 0 bridgehead atoms. The molecule has 4 aromatic rings. The van der Waals surface area contributed by atoms with Gasteiger partial charge in [0.25, 0.3) is 5.56 Å². The quantitative estimate of drug-likeness (QED) is 0.579. The van der Waals surface area contributed by atoms with E-state index in [1.165, 1.54) is 0 Å². The van der Waals surface area contributed by atoms with Crippen LogP contribution in [-0.4, -0.2) is 33.5 Å². The predicted molar refractivity (Wildman–Crippen MR) is 100 cm³/mol. The van der Waals surface area contributed by atoms with Crippen LogP contribution in [0.1, 0.15) is 5.69 Å². The van der Waals surface area contributed by atoms with Gasteiger partial charge in [-0.1, -0.05) is 18.2 Å². The largest absolute Gasteiger partial charge is 0.304 e. The van der Waals surface area contributed by atoms with Crippen molar-refractivity contribution in [3.05, 3.63) is 77.0 Å². The maximum Gasteiger partial charge on any atom is 0.265 e. The highest BCUT2D eigenvalue weighted by Gasteiger charge is 2.07. The average Bonchev–Trinajstić information content (AvgIpc) is 2.61. The minimum Gasteiger partial charge on any atom is -0.304 e. The third-order valence-corrected chi connectivity index (χ3v) is 4.15. The van der Waals surface area contributed by atoms with Crippen LogP contribution in [0.4, 0.5) is 0 Å². The molecule has 0 aliphatic rings. The van der Waals surface area contributed by atoms with Gasteiger partial charge in [0.2, 0.25) is 0 Å². The molecule has 25 heavy (non-hydrogen) atoms. The van der Waals surface area contributed by atoms with Crippen LogP contribution >= 0.6 is 0 Å². The average molecular weight is 330 g/mol. The summed E-state index contributed by atoms with van der Waals surface area (Å²) in [6, 6.07) is 17.3. The Morgan fingerprint density at radius 1 is 1.00 bits per heavy atom. The molecule has 5 heteroatoms. The summed E-state index contributed by atoms with van der Waals surface area (Å²) in [7, 11) is 4.04. The Morgan fingerprint density at radius 3 is 2.68 bits per heavy atom. The minimum atomic E-state index is -0.0675. The van der Waals surface area contributed by atoms with Gasteiger partial charge in [0.15, 0.2) is 0 Å². The predicted octanol–water partition coefficient (Wildman–Crippen LogP) is 3.00. The highest BCUT2D eigenvalue weighted by molar-refractivity contribution is 5.81. The lowest BCUT2D eigenvalue weighted by molar-refractivity contribution is 0.397. The van der Waals surface area contributed by atoms with Gasteiger partial charge < -0.3 is 4.90 Å². The monoisotopic (exact) mass is 330 g/mol. The van der Waals surface area contributed by atoms with E-state index in [0.717, 1.165) is 28.8 Å². The first-order chi connectivity index (χ1) is 12.1. The highest BCUT2D eigenvalue weighted by atomic mass is 16.1.